The van der Waals surface area contributed by atoms with E-state index in [0.717, 1.165) is 6.42 Å². The monoisotopic (exact) mass is 202 g/mol. The van der Waals surface area contributed by atoms with Crippen LogP contribution in [0.25, 0.3) is 0 Å². The summed E-state index contributed by atoms with van der Waals surface area (Å²) in [6.07, 6.45) is 1.04. The van der Waals surface area contributed by atoms with Gasteiger partial charge in [0.05, 0.1) is 6.10 Å². The maximum absolute atomic E-state index is 11.2. The fraction of sp³-hybridized carbons (Fsp3) is 0.900. The van der Waals surface area contributed by atoms with E-state index in [1.54, 1.807) is 0 Å². The SMILES string of the molecule is CC(CCN)CNC(=O)COC(C)C. The third-order valence-corrected chi connectivity index (χ3v) is 1.85. The van der Waals surface area contributed by atoms with Crippen molar-refractivity contribution in [2.75, 3.05) is 19.7 Å². The van der Waals surface area contributed by atoms with Crippen molar-refractivity contribution >= 4 is 5.91 Å². The van der Waals surface area contributed by atoms with Crippen LogP contribution in [0, 0.1) is 5.92 Å². The van der Waals surface area contributed by atoms with Crippen molar-refractivity contribution in [1.82, 2.24) is 5.32 Å². The van der Waals surface area contributed by atoms with Crippen LogP contribution in [0.1, 0.15) is 27.2 Å². The van der Waals surface area contributed by atoms with Gasteiger partial charge in [0.2, 0.25) is 5.91 Å². The van der Waals surface area contributed by atoms with Gasteiger partial charge in [-0.1, -0.05) is 6.92 Å². The average Bonchev–Trinajstić information content (AvgIpc) is 2.12. The summed E-state index contributed by atoms with van der Waals surface area (Å²) in [5.41, 5.74) is 5.40. The lowest BCUT2D eigenvalue weighted by molar-refractivity contribution is -0.127. The van der Waals surface area contributed by atoms with Gasteiger partial charge in [0.1, 0.15) is 6.61 Å². The van der Waals surface area contributed by atoms with Crippen molar-refractivity contribution in [3.63, 3.8) is 0 Å². The molecule has 0 aliphatic rings. The number of nitrogens with two attached hydrogens (primary N) is 1. The first-order valence-corrected chi connectivity index (χ1v) is 5.14. The Morgan fingerprint density at radius 2 is 2.07 bits per heavy atom. The Labute approximate surface area is 86.2 Å². The zero-order valence-electron chi connectivity index (χ0n) is 9.38. The Hall–Kier alpha value is -0.610. The molecule has 1 amide bonds. The Kier molecular flexibility index (Phi) is 7.42. The maximum Gasteiger partial charge on any atom is 0.246 e. The molecule has 1 atom stereocenters. The number of carbonyl (C=O) groups is 1. The molecule has 0 heterocycles. The van der Waals surface area contributed by atoms with Crippen molar-refractivity contribution in [2.24, 2.45) is 11.7 Å². The van der Waals surface area contributed by atoms with E-state index in [1.165, 1.54) is 0 Å². The first-order valence-electron chi connectivity index (χ1n) is 5.14. The zero-order valence-corrected chi connectivity index (χ0v) is 9.38. The Morgan fingerprint density at radius 1 is 1.43 bits per heavy atom. The highest BCUT2D eigenvalue weighted by molar-refractivity contribution is 5.77. The summed E-state index contributed by atoms with van der Waals surface area (Å²) in [7, 11) is 0. The molecule has 0 rings (SSSR count). The van der Waals surface area contributed by atoms with E-state index >= 15 is 0 Å². The fourth-order valence-electron chi connectivity index (χ4n) is 0.968. The molecule has 4 heteroatoms. The highest BCUT2D eigenvalue weighted by atomic mass is 16.5. The van der Waals surface area contributed by atoms with Gasteiger partial charge in [-0.15, -0.1) is 0 Å². The Morgan fingerprint density at radius 3 is 2.57 bits per heavy atom. The van der Waals surface area contributed by atoms with Gasteiger partial charge in [-0.25, -0.2) is 0 Å². The van der Waals surface area contributed by atoms with E-state index in [0.29, 0.717) is 19.0 Å². The van der Waals surface area contributed by atoms with E-state index in [2.05, 4.69) is 12.2 Å². The van der Waals surface area contributed by atoms with Crippen molar-refractivity contribution < 1.29 is 9.53 Å². The van der Waals surface area contributed by atoms with Crippen molar-refractivity contribution in [2.45, 2.75) is 33.3 Å². The molecule has 1 unspecified atom stereocenters. The molecule has 84 valence electrons. The van der Waals surface area contributed by atoms with Gasteiger partial charge in [0.15, 0.2) is 0 Å². The number of amides is 1. The number of ether oxygens (including phenoxy) is 1. The second kappa shape index (κ2) is 7.76. The lowest BCUT2D eigenvalue weighted by Gasteiger charge is -2.12. The van der Waals surface area contributed by atoms with Crippen molar-refractivity contribution in [3.8, 4) is 0 Å². The Bertz CT molecular complexity index is 160. The second-order valence-electron chi connectivity index (χ2n) is 3.85. The van der Waals surface area contributed by atoms with Crippen LogP contribution in [0.4, 0.5) is 0 Å². The standard InChI is InChI=1S/C10H22N2O2/c1-8(2)14-7-10(13)12-6-9(3)4-5-11/h8-9H,4-7,11H2,1-3H3,(H,12,13). The molecule has 0 spiro atoms. The van der Waals surface area contributed by atoms with Gasteiger partial charge in [-0.05, 0) is 32.7 Å². The van der Waals surface area contributed by atoms with Crippen LogP contribution in [-0.2, 0) is 9.53 Å². The maximum atomic E-state index is 11.2. The normalized spacial score (nSPS) is 12.9. The summed E-state index contributed by atoms with van der Waals surface area (Å²) in [5, 5.41) is 2.80. The molecule has 0 aliphatic carbocycles. The molecular weight excluding hydrogens is 180 g/mol. The summed E-state index contributed by atoms with van der Waals surface area (Å²) in [6, 6.07) is 0. The highest BCUT2D eigenvalue weighted by Gasteiger charge is 2.05. The number of hydrogen-bond donors (Lipinski definition) is 2. The van der Waals surface area contributed by atoms with Gasteiger partial charge in [-0.2, -0.15) is 0 Å². The van der Waals surface area contributed by atoms with Gasteiger partial charge < -0.3 is 15.8 Å². The minimum Gasteiger partial charge on any atom is -0.369 e. The minimum absolute atomic E-state index is 0.0532. The first-order chi connectivity index (χ1) is 6.56. The minimum atomic E-state index is -0.0532. The molecule has 0 saturated heterocycles. The first kappa shape index (κ1) is 13.4. The lowest BCUT2D eigenvalue weighted by Crippen LogP contribution is -2.32. The van der Waals surface area contributed by atoms with Crippen molar-refractivity contribution in [1.29, 1.82) is 0 Å². The molecule has 0 aliphatic heterocycles. The summed E-state index contributed by atoms with van der Waals surface area (Å²) >= 11 is 0. The average molecular weight is 202 g/mol. The molecular formula is C10H22N2O2. The molecule has 0 aromatic carbocycles. The van der Waals surface area contributed by atoms with Gasteiger partial charge in [0.25, 0.3) is 0 Å². The smallest absolute Gasteiger partial charge is 0.246 e. The van der Waals surface area contributed by atoms with E-state index < -0.39 is 0 Å². The van der Waals surface area contributed by atoms with Crippen molar-refractivity contribution in [3.05, 3.63) is 0 Å². The summed E-state index contributed by atoms with van der Waals surface area (Å²) in [5.74, 6) is 0.380. The van der Waals surface area contributed by atoms with E-state index in [1.807, 2.05) is 13.8 Å². The quantitative estimate of drug-likeness (QED) is 0.632. The summed E-state index contributed by atoms with van der Waals surface area (Å²) in [4.78, 5) is 11.2. The van der Waals surface area contributed by atoms with E-state index in [9.17, 15) is 4.79 Å². The molecule has 0 bridgehead atoms. The van der Waals surface area contributed by atoms with Crippen LogP contribution >= 0.6 is 0 Å². The molecule has 3 N–H and O–H groups in total. The lowest BCUT2D eigenvalue weighted by atomic mass is 10.1. The molecule has 4 nitrogen and oxygen atoms in total. The van der Waals surface area contributed by atoms with Crippen LogP contribution in [0.15, 0.2) is 0 Å². The third-order valence-electron chi connectivity index (χ3n) is 1.85. The summed E-state index contributed by atoms with van der Waals surface area (Å²) in [6.45, 7) is 7.37. The van der Waals surface area contributed by atoms with Gasteiger partial charge in [-0.3, -0.25) is 4.79 Å². The molecule has 14 heavy (non-hydrogen) atoms. The zero-order chi connectivity index (χ0) is 11.0. The van der Waals surface area contributed by atoms with Crippen LogP contribution in [-0.4, -0.2) is 31.7 Å². The molecule has 0 radical (unpaired) electrons. The second-order valence-corrected chi connectivity index (χ2v) is 3.85. The molecule has 0 fully saturated rings. The molecule has 0 aromatic rings. The predicted octanol–water partition coefficient (Wildman–Crippen LogP) is 0.513. The molecule has 0 aromatic heterocycles. The number of carbonyl (C=O) groups excluding carboxylic acids is 1. The van der Waals surface area contributed by atoms with Gasteiger partial charge >= 0.3 is 0 Å². The van der Waals surface area contributed by atoms with E-state index in [-0.39, 0.29) is 18.6 Å². The molecule has 0 saturated carbocycles. The number of rotatable bonds is 7. The number of hydrogen-bond acceptors (Lipinski definition) is 3. The van der Waals surface area contributed by atoms with E-state index in [4.69, 9.17) is 10.5 Å². The topological polar surface area (TPSA) is 64.3 Å². The van der Waals surface area contributed by atoms with Crippen LogP contribution in [0.3, 0.4) is 0 Å². The Balaban J connectivity index is 3.43. The van der Waals surface area contributed by atoms with Gasteiger partial charge in [0, 0.05) is 6.54 Å². The van der Waals surface area contributed by atoms with Crippen LogP contribution in [0.5, 0.6) is 0 Å². The fourth-order valence-corrected chi connectivity index (χ4v) is 0.968. The highest BCUT2D eigenvalue weighted by Crippen LogP contribution is 1.97. The number of nitrogens with one attached hydrogen (secondary N) is 1. The largest absolute Gasteiger partial charge is 0.369 e. The van der Waals surface area contributed by atoms with Crippen LogP contribution in [0.2, 0.25) is 0 Å². The predicted molar refractivity (Wildman–Crippen MR) is 56.9 cm³/mol. The van der Waals surface area contributed by atoms with Crippen LogP contribution < -0.4 is 11.1 Å². The summed E-state index contributed by atoms with van der Waals surface area (Å²) < 4.78 is 5.16. The third kappa shape index (κ3) is 8.01.